The standard InChI is InChI=1S/C8H14O3.C7H15NO5S.C7H14O9S2.3H2O/c1-5-3-7(8(9)10)11-4-6(5)2;1-5-2-6(12-4-7(5)8)3-13-14(9,10)11;1-5-2-6(3-14-17(8,9)10)16-7(5)4-15-18(11,12)13;;;/h5-7H,3-4H2,1-2H3,(H,9,10);5-7H,2-4,8H2,1H3,(H,9,10,11);5-7H,2-4H2,1H3,(H,8,9,10)(H,11,12,13);3*1H2/p-4. The summed E-state index contributed by atoms with van der Waals surface area (Å²) < 4.78 is 120. The molecule has 3 heterocycles. The molecule has 3 aliphatic rings. The summed E-state index contributed by atoms with van der Waals surface area (Å²) in [6.45, 7) is 7.56. The van der Waals surface area contributed by atoms with Crippen LogP contribution < -0.4 is 10.8 Å². The van der Waals surface area contributed by atoms with E-state index in [9.17, 15) is 48.8 Å². The van der Waals surface area contributed by atoms with Crippen molar-refractivity contribution in [2.75, 3.05) is 33.0 Å². The van der Waals surface area contributed by atoms with Gasteiger partial charge in [-0.15, -0.1) is 0 Å². The van der Waals surface area contributed by atoms with Crippen LogP contribution in [0.15, 0.2) is 0 Å². The van der Waals surface area contributed by atoms with Gasteiger partial charge in [-0.1, -0.05) is 27.7 Å². The number of ether oxygens (including phenoxy) is 3. The van der Waals surface area contributed by atoms with Crippen molar-refractivity contribution in [3.8, 4) is 0 Å². The monoisotopic (exact) mass is 739 g/mol. The summed E-state index contributed by atoms with van der Waals surface area (Å²) in [4.78, 5) is 10.4. The van der Waals surface area contributed by atoms with Crippen LogP contribution in [0, 0.1) is 23.7 Å². The molecule has 3 saturated heterocycles. The van der Waals surface area contributed by atoms with Gasteiger partial charge in [0, 0.05) is 6.04 Å². The lowest BCUT2D eigenvalue weighted by Crippen LogP contribution is -2.43. The smallest absolute Gasteiger partial charge is 0.217 e. The molecule has 0 aromatic rings. The Morgan fingerprint density at radius 2 is 1.13 bits per heavy atom. The van der Waals surface area contributed by atoms with Crippen molar-refractivity contribution in [2.24, 2.45) is 29.4 Å². The lowest BCUT2D eigenvalue weighted by Gasteiger charge is -2.32. The van der Waals surface area contributed by atoms with E-state index in [1.165, 1.54) is 0 Å². The first-order valence-corrected chi connectivity index (χ1v) is 17.2. The van der Waals surface area contributed by atoms with E-state index in [2.05, 4.69) is 19.5 Å². The summed E-state index contributed by atoms with van der Waals surface area (Å²) >= 11 is 0. The Hall–Kier alpha value is -1.20. The molecule has 9 atom stereocenters. The van der Waals surface area contributed by atoms with Crippen LogP contribution in [0.4, 0.5) is 0 Å². The fraction of sp³-hybridized carbons (Fsp3) is 0.955. The second kappa shape index (κ2) is 21.7. The van der Waals surface area contributed by atoms with Gasteiger partial charge in [-0.2, -0.15) is 0 Å². The highest BCUT2D eigenvalue weighted by Gasteiger charge is 2.33. The van der Waals surface area contributed by atoms with Crippen molar-refractivity contribution in [1.82, 2.24) is 0 Å². The van der Waals surface area contributed by atoms with Gasteiger partial charge in [0.05, 0.1) is 63.4 Å². The average Bonchev–Trinajstić information content (AvgIpc) is 3.23. The van der Waals surface area contributed by atoms with Gasteiger partial charge in [0.15, 0.2) is 0 Å². The van der Waals surface area contributed by atoms with Crippen LogP contribution in [0.25, 0.3) is 0 Å². The van der Waals surface area contributed by atoms with Crippen LogP contribution in [0.3, 0.4) is 0 Å². The molecule has 21 nitrogen and oxygen atoms in total. The zero-order valence-corrected chi connectivity index (χ0v) is 28.0. The molecule has 24 heteroatoms. The predicted octanol–water partition coefficient (Wildman–Crippen LogP) is -4.73. The van der Waals surface area contributed by atoms with E-state index in [1.807, 2.05) is 13.8 Å². The predicted molar refractivity (Wildman–Crippen MR) is 149 cm³/mol. The molecule has 0 radical (unpaired) electrons. The number of hydrogen-bond donors (Lipinski definition) is 1. The van der Waals surface area contributed by atoms with Crippen LogP contribution in [0.1, 0.15) is 47.0 Å². The lowest BCUT2D eigenvalue weighted by atomic mass is 9.89. The summed E-state index contributed by atoms with van der Waals surface area (Å²) in [5, 5.41) is 10.4. The third kappa shape index (κ3) is 21.6. The summed E-state index contributed by atoms with van der Waals surface area (Å²) in [7, 11) is -14.2. The SMILES string of the molecule is CC1CC(COS(=O)(=O)[O-])OC1COS(=O)(=O)[O-].CC1CC(COS(=O)(=O)[O-])OCC1N.CC1COC(C(=O)[O-])CC1C.O.O.O. The van der Waals surface area contributed by atoms with Gasteiger partial charge in [0.1, 0.15) is 0 Å². The zero-order chi connectivity index (χ0) is 33.2. The molecular weight excluding hydrogens is 694 g/mol. The van der Waals surface area contributed by atoms with Crippen molar-refractivity contribution >= 4 is 37.2 Å². The van der Waals surface area contributed by atoms with E-state index in [0.717, 1.165) is 0 Å². The van der Waals surface area contributed by atoms with E-state index < -0.39 is 68.7 Å². The van der Waals surface area contributed by atoms with Crippen LogP contribution in [0.5, 0.6) is 0 Å². The summed E-state index contributed by atoms with van der Waals surface area (Å²) in [5.74, 6) is -0.109. The third-order valence-electron chi connectivity index (χ3n) is 7.08. The Labute approximate surface area is 268 Å². The molecule has 46 heavy (non-hydrogen) atoms. The van der Waals surface area contributed by atoms with Gasteiger partial charge in [-0.3, -0.25) is 12.5 Å². The minimum absolute atomic E-state index is 0. The first-order valence-electron chi connectivity index (χ1n) is 13.2. The average molecular weight is 740 g/mol. The highest BCUT2D eigenvalue weighted by molar-refractivity contribution is 7.81. The first-order chi connectivity index (χ1) is 19.6. The minimum Gasteiger partial charge on any atom is -0.726 e. The quantitative estimate of drug-likeness (QED) is 0.162. The Balaban J connectivity index is -0.000000600. The van der Waals surface area contributed by atoms with Gasteiger partial charge in [0.25, 0.3) is 0 Å². The maximum atomic E-state index is 10.4. The van der Waals surface area contributed by atoms with E-state index in [0.29, 0.717) is 44.3 Å². The molecule has 0 bridgehead atoms. The molecule has 3 aliphatic heterocycles. The number of carbonyl (C=O) groups excluding carboxylic acids is 1. The largest absolute Gasteiger partial charge is 0.726 e. The fourth-order valence-electron chi connectivity index (χ4n) is 4.20. The van der Waals surface area contributed by atoms with Crippen molar-refractivity contribution in [1.29, 1.82) is 0 Å². The molecule has 0 amide bonds. The second-order valence-corrected chi connectivity index (χ2v) is 13.9. The zero-order valence-electron chi connectivity index (χ0n) is 25.6. The summed E-state index contributed by atoms with van der Waals surface area (Å²) in [6, 6.07) is -0.0323. The first kappa shape index (κ1) is 49.2. The summed E-state index contributed by atoms with van der Waals surface area (Å²) in [5.41, 5.74) is 5.68. The third-order valence-corrected chi connectivity index (χ3v) is 8.35. The Morgan fingerprint density at radius 1 is 0.674 bits per heavy atom. The lowest BCUT2D eigenvalue weighted by molar-refractivity contribution is -0.319. The number of nitrogens with two attached hydrogens (primary N) is 1. The van der Waals surface area contributed by atoms with Crippen molar-refractivity contribution < 1.29 is 92.0 Å². The molecular formula is C22H45NO20S3-4. The Kier molecular flexibility index (Phi) is 23.2. The molecule has 3 fully saturated rings. The van der Waals surface area contributed by atoms with Crippen LogP contribution in [-0.2, 0) is 62.8 Å². The summed E-state index contributed by atoms with van der Waals surface area (Å²) in [6.07, 6.45) is -0.805. The van der Waals surface area contributed by atoms with Crippen LogP contribution in [-0.4, -0.2) is 125 Å². The molecule has 3 rings (SSSR count). The molecule has 0 aromatic heterocycles. The molecule has 0 saturated carbocycles. The number of carbonyl (C=O) groups is 1. The van der Waals surface area contributed by atoms with Crippen LogP contribution in [0.2, 0.25) is 0 Å². The van der Waals surface area contributed by atoms with E-state index in [-0.39, 0.29) is 47.0 Å². The van der Waals surface area contributed by atoms with Crippen molar-refractivity contribution in [2.45, 2.75) is 77.4 Å². The Bertz CT molecular complexity index is 1180. The molecule has 0 aliphatic carbocycles. The maximum Gasteiger partial charge on any atom is 0.217 e. The van der Waals surface area contributed by atoms with Gasteiger partial charge < -0.3 is 59.9 Å². The second-order valence-electron chi connectivity index (χ2n) is 10.8. The normalized spacial score (nSPS) is 31.3. The van der Waals surface area contributed by atoms with Gasteiger partial charge in [0.2, 0.25) is 31.2 Å². The van der Waals surface area contributed by atoms with E-state index in [1.54, 1.807) is 6.92 Å². The highest BCUT2D eigenvalue weighted by atomic mass is 32.3. The number of hydrogen-bond acceptors (Lipinski definition) is 18. The topological polar surface area (TPSA) is 388 Å². The maximum absolute atomic E-state index is 10.4. The highest BCUT2D eigenvalue weighted by Crippen LogP contribution is 2.27. The molecule has 9 unspecified atom stereocenters. The number of carboxylic acids is 1. The molecule has 280 valence electrons. The van der Waals surface area contributed by atoms with Crippen LogP contribution >= 0.6 is 0 Å². The molecule has 8 N–H and O–H groups in total. The molecule has 0 aromatic carbocycles. The minimum atomic E-state index is -4.80. The Morgan fingerprint density at radius 3 is 1.57 bits per heavy atom. The number of carboxylic acid groups (broad SMARTS) is 1. The van der Waals surface area contributed by atoms with E-state index in [4.69, 9.17) is 19.9 Å². The van der Waals surface area contributed by atoms with Crippen molar-refractivity contribution in [3.05, 3.63) is 0 Å². The number of aliphatic carboxylic acids is 1. The molecule has 0 spiro atoms. The van der Waals surface area contributed by atoms with E-state index >= 15 is 0 Å². The fourth-order valence-corrected chi connectivity index (χ4v) is 5.14. The number of rotatable bonds is 10. The van der Waals surface area contributed by atoms with Gasteiger partial charge >= 0.3 is 0 Å². The van der Waals surface area contributed by atoms with Gasteiger partial charge in [-0.05, 0) is 42.9 Å². The van der Waals surface area contributed by atoms with Crippen molar-refractivity contribution in [3.63, 3.8) is 0 Å². The van der Waals surface area contributed by atoms with Gasteiger partial charge in [-0.25, -0.2) is 25.3 Å².